The number of ether oxygens (including phenoxy) is 1. The van der Waals surface area contributed by atoms with E-state index in [9.17, 15) is 4.79 Å². The molecule has 1 saturated carbocycles. The highest BCUT2D eigenvalue weighted by atomic mass is 16.5. The Labute approximate surface area is 117 Å². The molecule has 0 aromatic rings. The minimum absolute atomic E-state index is 0.00821. The lowest BCUT2D eigenvalue weighted by molar-refractivity contribution is -0.166. The quantitative estimate of drug-likeness (QED) is 0.799. The third-order valence-corrected chi connectivity index (χ3v) is 5.45. The molecule has 19 heavy (non-hydrogen) atoms. The van der Waals surface area contributed by atoms with Gasteiger partial charge in [-0.3, -0.25) is 4.79 Å². The van der Waals surface area contributed by atoms with Gasteiger partial charge in [0.25, 0.3) is 0 Å². The minimum Gasteiger partial charge on any atom is -0.466 e. The number of hydrogen-bond donors (Lipinski definition) is 1. The molecule has 2 fully saturated rings. The Kier molecular flexibility index (Phi) is 3.97. The Morgan fingerprint density at radius 2 is 2.16 bits per heavy atom. The first-order valence-corrected chi connectivity index (χ1v) is 7.70. The summed E-state index contributed by atoms with van der Waals surface area (Å²) in [5, 5.41) is 3.52. The number of rotatable bonds is 3. The Morgan fingerprint density at radius 3 is 2.63 bits per heavy atom. The Morgan fingerprint density at radius 1 is 1.47 bits per heavy atom. The van der Waals surface area contributed by atoms with Gasteiger partial charge in [0.2, 0.25) is 0 Å². The largest absolute Gasteiger partial charge is 0.466 e. The first-order chi connectivity index (χ1) is 8.83. The molecule has 1 N–H and O–H groups in total. The van der Waals surface area contributed by atoms with Gasteiger partial charge in [-0.05, 0) is 49.0 Å². The maximum atomic E-state index is 12.0. The van der Waals surface area contributed by atoms with Gasteiger partial charge in [-0.1, -0.05) is 27.7 Å². The molecule has 3 heteroatoms. The summed E-state index contributed by atoms with van der Waals surface area (Å²) in [5.74, 6) is 1.24. The summed E-state index contributed by atoms with van der Waals surface area (Å²) in [7, 11) is 0. The molecular weight excluding hydrogens is 238 g/mol. The Bertz CT molecular complexity index is 339. The Hall–Kier alpha value is -0.570. The highest BCUT2D eigenvalue weighted by Crippen LogP contribution is 2.63. The zero-order valence-corrected chi connectivity index (χ0v) is 13.1. The summed E-state index contributed by atoms with van der Waals surface area (Å²) in [6.07, 6.45) is 2.38. The van der Waals surface area contributed by atoms with Gasteiger partial charge in [-0.25, -0.2) is 0 Å². The second kappa shape index (κ2) is 5.08. The second-order valence-corrected chi connectivity index (χ2v) is 7.46. The van der Waals surface area contributed by atoms with Gasteiger partial charge in [0.05, 0.1) is 12.5 Å². The summed E-state index contributed by atoms with van der Waals surface area (Å²) in [6.45, 7) is 13.6. The van der Waals surface area contributed by atoms with Crippen LogP contribution in [-0.2, 0) is 9.53 Å². The van der Waals surface area contributed by atoms with Crippen molar-refractivity contribution < 1.29 is 9.53 Å². The van der Waals surface area contributed by atoms with E-state index in [1.54, 1.807) is 0 Å². The predicted octanol–water partition coefficient (Wildman–Crippen LogP) is 2.85. The summed E-state index contributed by atoms with van der Waals surface area (Å²) >= 11 is 0. The normalized spacial score (nSPS) is 36.1. The standard InChI is InChI=1S/C16H29NO2/c1-6-19-14(18)11(2)12-9-13(15(3,4)5)16(12)7-8-17-10-16/h11-13,17H,6-10H2,1-5H3/t11?,12?,13?,16-/m1/s1. The van der Waals surface area contributed by atoms with E-state index < -0.39 is 0 Å². The van der Waals surface area contributed by atoms with Crippen molar-refractivity contribution in [2.24, 2.45) is 28.6 Å². The molecule has 0 radical (unpaired) electrons. The van der Waals surface area contributed by atoms with E-state index in [0.717, 1.165) is 19.0 Å². The lowest BCUT2D eigenvalue weighted by Crippen LogP contribution is -2.58. The van der Waals surface area contributed by atoms with Gasteiger partial charge in [0.1, 0.15) is 0 Å². The van der Waals surface area contributed by atoms with E-state index >= 15 is 0 Å². The van der Waals surface area contributed by atoms with Gasteiger partial charge in [-0.2, -0.15) is 0 Å². The van der Waals surface area contributed by atoms with Crippen molar-refractivity contribution >= 4 is 5.97 Å². The molecule has 110 valence electrons. The number of nitrogens with one attached hydrogen (secondary N) is 1. The maximum Gasteiger partial charge on any atom is 0.308 e. The van der Waals surface area contributed by atoms with Crippen molar-refractivity contribution in [2.45, 2.75) is 47.5 Å². The molecule has 1 heterocycles. The SMILES string of the molecule is CCOC(=O)C(C)C1CC(C(C)(C)C)[C@@]12CCNC2. The third kappa shape index (κ3) is 2.42. The average molecular weight is 267 g/mol. The van der Waals surface area contributed by atoms with Crippen molar-refractivity contribution in [3.8, 4) is 0 Å². The molecule has 3 unspecified atom stereocenters. The number of carbonyl (C=O) groups is 1. The predicted molar refractivity (Wildman–Crippen MR) is 76.8 cm³/mol. The van der Waals surface area contributed by atoms with E-state index in [1.807, 2.05) is 6.92 Å². The molecule has 1 saturated heterocycles. The fourth-order valence-electron chi connectivity index (χ4n) is 4.52. The van der Waals surface area contributed by atoms with Gasteiger partial charge < -0.3 is 10.1 Å². The summed E-state index contributed by atoms with van der Waals surface area (Å²) < 4.78 is 5.22. The van der Waals surface area contributed by atoms with E-state index in [1.165, 1.54) is 12.8 Å². The molecule has 0 aromatic heterocycles. The van der Waals surface area contributed by atoms with Crippen molar-refractivity contribution in [1.29, 1.82) is 0 Å². The minimum atomic E-state index is -0.00821. The zero-order chi connectivity index (χ0) is 14.3. The van der Waals surface area contributed by atoms with Crippen LogP contribution in [0.15, 0.2) is 0 Å². The molecule has 2 rings (SSSR count). The average Bonchev–Trinajstić information content (AvgIpc) is 2.77. The smallest absolute Gasteiger partial charge is 0.308 e. The van der Waals surface area contributed by atoms with E-state index in [2.05, 4.69) is 33.0 Å². The van der Waals surface area contributed by atoms with E-state index in [0.29, 0.717) is 23.4 Å². The molecule has 0 bridgehead atoms. The molecule has 2 aliphatic rings. The van der Waals surface area contributed by atoms with Gasteiger partial charge in [-0.15, -0.1) is 0 Å². The van der Waals surface area contributed by atoms with Crippen LogP contribution >= 0.6 is 0 Å². The van der Waals surface area contributed by atoms with Crippen molar-refractivity contribution in [2.75, 3.05) is 19.7 Å². The maximum absolute atomic E-state index is 12.0. The van der Waals surface area contributed by atoms with Gasteiger partial charge >= 0.3 is 5.97 Å². The van der Waals surface area contributed by atoms with Gasteiger partial charge in [0.15, 0.2) is 0 Å². The molecule has 0 aromatic carbocycles. The van der Waals surface area contributed by atoms with Crippen molar-refractivity contribution in [3.05, 3.63) is 0 Å². The lowest BCUT2D eigenvalue weighted by atomic mass is 9.43. The molecule has 3 nitrogen and oxygen atoms in total. The molecule has 1 aliphatic carbocycles. The topological polar surface area (TPSA) is 38.3 Å². The van der Waals surface area contributed by atoms with Crippen LogP contribution in [0.1, 0.15) is 47.5 Å². The Balaban J connectivity index is 2.13. The highest BCUT2D eigenvalue weighted by molar-refractivity contribution is 5.72. The molecule has 4 atom stereocenters. The number of hydrogen-bond acceptors (Lipinski definition) is 3. The van der Waals surface area contributed by atoms with Crippen molar-refractivity contribution in [1.82, 2.24) is 5.32 Å². The van der Waals surface area contributed by atoms with Gasteiger partial charge in [0, 0.05) is 6.54 Å². The number of esters is 1. The number of carbonyl (C=O) groups excluding carboxylic acids is 1. The monoisotopic (exact) mass is 267 g/mol. The van der Waals surface area contributed by atoms with Crippen LogP contribution in [-0.4, -0.2) is 25.7 Å². The fraction of sp³-hybridized carbons (Fsp3) is 0.938. The third-order valence-electron chi connectivity index (χ3n) is 5.45. The van der Waals surface area contributed by atoms with Crippen LogP contribution in [0.3, 0.4) is 0 Å². The molecule has 1 spiro atoms. The van der Waals surface area contributed by atoms with E-state index in [4.69, 9.17) is 4.74 Å². The van der Waals surface area contributed by atoms with Crippen LogP contribution in [0.25, 0.3) is 0 Å². The first kappa shape index (κ1) is 14.8. The summed E-state index contributed by atoms with van der Waals surface area (Å²) in [6, 6.07) is 0. The van der Waals surface area contributed by atoms with Crippen LogP contribution in [0.5, 0.6) is 0 Å². The van der Waals surface area contributed by atoms with Crippen LogP contribution in [0.4, 0.5) is 0 Å². The van der Waals surface area contributed by atoms with E-state index in [-0.39, 0.29) is 11.9 Å². The van der Waals surface area contributed by atoms with Crippen LogP contribution in [0, 0.1) is 28.6 Å². The second-order valence-electron chi connectivity index (χ2n) is 7.46. The first-order valence-electron chi connectivity index (χ1n) is 7.70. The zero-order valence-electron chi connectivity index (χ0n) is 13.1. The molecular formula is C16H29NO2. The fourth-order valence-corrected chi connectivity index (χ4v) is 4.52. The highest BCUT2D eigenvalue weighted by Gasteiger charge is 2.61. The summed E-state index contributed by atoms with van der Waals surface area (Å²) in [4.78, 5) is 12.0. The summed E-state index contributed by atoms with van der Waals surface area (Å²) in [5.41, 5.74) is 0.654. The molecule has 0 amide bonds. The lowest BCUT2D eigenvalue weighted by Gasteiger charge is -2.60. The van der Waals surface area contributed by atoms with Crippen LogP contribution < -0.4 is 5.32 Å². The van der Waals surface area contributed by atoms with Crippen LogP contribution in [0.2, 0.25) is 0 Å². The molecule has 1 aliphatic heterocycles. The van der Waals surface area contributed by atoms with Crippen molar-refractivity contribution in [3.63, 3.8) is 0 Å².